The first-order valence-electron chi connectivity index (χ1n) is 6.96. The van der Waals surface area contributed by atoms with Gasteiger partial charge in [-0.2, -0.15) is 0 Å². The zero-order valence-corrected chi connectivity index (χ0v) is 14.1. The summed E-state index contributed by atoms with van der Waals surface area (Å²) in [5, 5.41) is 0.471. The smallest absolute Gasteiger partial charge is 0.159 e. The van der Waals surface area contributed by atoms with Crippen LogP contribution >= 0.6 is 23.4 Å². The summed E-state index contributed by atoms with van der Waals surface area (Å²) >= 11 is 7.16. The summed E-state index contributed by atoms with van der Waals surface area (Å²) in [5.41, 5.74) is 8.94. The van der Waals surface area contributed by atoms with Gasteiger partial charge in [0.15, 0.2) is 5.17 Å². The Morgan fingerprint density at radius 3 is 2.50 bits per heavy atom. The van der Waals surface area contributed by atoms with Crippen LogP contribution in [-0.2, 0) is 5.75 Å². The Bertz CT molecular complexity index is 669. The standard InChI is InChI=1S/C17H18ClFN2S/c1-11(2)13-5-3-12(4-6-13)10-22-17(20)21-14-7-8-16(19)15(18)9-14/h3-9,11H,10H2,1-2H3,(H2,20,21). The summed E-state index contributed by atoms with van der Waals surface area (Å²) in [5.74, 6) is 0.802. The maximum absolute atomic E-state index is 13.1. The van der Waals surface area contributed by atoms with Crippen LogP contribution in [0.3, 0.4) is 0 Å². The number of hydrogen-bond donors (Lipinski definition) is 1. The normalized spacial score (nSPS) is 12.0. The van der Waals surface area contributed by atoms with Gasteiger partial charge in [0.05, 0.1) is 10.7 Å². The van der Waals surface area contributed by atoms with Crippen molar-refractivity contribution in [2.75, 3.05) is 0 Å². The van der Waals surface area contributed by atoms with Crippen LogP contribution in [0.25, 0.3) is 0 Å². The first-order valence-corrected chi connectivity index (χ1v) is 8.33. The molecule has 0 fully saturated rings. The molecule has 0 bridgehead atoms. The molecular formula is C17H18ClFN2S. The number of nitrogens with zero attached hydrogens (tertiary/aromatic N) is 1. The molecular weight excluding hydrogens is 319 g/mol. The van der Waals surface area contributed by atoms with Crippen molar-refractivity contribution >= 4 is 34.2 Å². The molecule has 0 unspecified atom stereocenters. The molecule has 0 saturated heterocycles. The van der Waals surface area contributed by atoms with Gasteiger partial charge in [-0.15, -0.1) is 0 Å². The predicted octanol–water partition coefficient (Wildman–Crippen LogP) is 5.48. The number of amidine groups is 1. The second-order valence-corrected chi connectivity index (χ2v) is 6.64. The molecule has 2 nitrogen and oxygen atoms in total. The van der Waals surface area contributed by atoms with E-state index < -0.39 is 5.82 Å². The minimum absolute atomic E-state index is 0.0447. The molecule has 0 aromatic heterocycles. The molecule has 0 spiro atoms. The molecule has 5 heteroatoms. The number of nitrogens with two attached hydrogens (primary N) is 1. The number of benzene rings is 2. The van der Waals surface area contributed by atoms with Crippen molar-refractivity contribution in [3.63, 3.8) is 0 Å². The number of thioether (sulfide) groups is 1. The Morgan fingerprint density at radius 2 is 1.91 bits per heavy atom. The van der Waals surface area contributed by atoms with E-state index in [4.69, 9.17) is 17.3 Å². The highest BCUT2D eigenvalue weighted by atomic mass is 35.5. The maximum atomic E-state index is 13.1. The topological polar surface area (TPSA) is 38.4 Å². The van der Waals surface area contributed by atoms with Crippen LogP contribution in [0.1, 0.15) is 30.9 Å². The van der Waals surface area contributed by atoms with Crippen molar-refractivity contribution in [2.45, 2.75) is 25.5 Å². The Kier molecular flexibility index (Phi) is 5.86. The highest BCUT2D eigenvalue weighted by Gasteiger charge is 2.03. The van der Waals surface area contributed by atoms with Gasteiger partial charge in [0.1, 0.15) is 5.82 Å². The van der Waals surface area contributed by atoms with Gasteiger partial charge >= 0.3 is 0 Å². The molecule has 0 amide bonds. The summed E-state index contributed by atoms with van der Waals surface area (Å²) in [7, 11) is 0. The highest BCUT2D eigenvalue weighted by Crippen LogP contribution is 2.23. The van der Waals surface area contributed by atoms with Gasteiger partial charge in [-0.05, 0) is 35.2 Å². The minimum atomic E-state index is -0.461. The third-order valence-corrected chi connectivity index (χ3v) is 4.33. The molecule has 2 N–H and O–H groups in total. The van der Waals surface area contributed by atoms with Crippen molar-refractivity contribution in [1.29, 1.82) is 0 Å². The first kappa shape index (κ1) is 16.8. The third kappa shape index (κ3) is 4.75. The number of rotatable bonds is 4. The lowest BCUT2D eigenvalue weighted by Crippen LogP contribution is -2.06. The van der Waals surface area contributed by atoms with E-state index in [9.17, 15) is 4.39 Å². The molecule has 0 aliphatic heterocycles. The van der Waals surface area contributed by atoms with Crippen LogP contribution in [0.5, 0.6) is 0 Å². The lowest BCUT2D eigenvalue weighted by molar-refractivity contribution is 0.628. The molecule has 0 radical (unpaired) electrons. The van der Waals surface area contributed by atoms with Gasteiger partial charge in [0.25, 0.3) is 0 Å². The van der Waals surface area contributed by atoms with E-state index in [0.29, 0.717) is 16.8 Å². The van der Waals surface area contributed by atoms with E-state index >= 15 is 0 Å². The SMILES string of the molecule is CC(C)c1ccc(CSC(N)=Nc2ccc(F)c(Cl)c2)cc1. The Hall–Kier alpha value is -1.52. The number of hydrogen-bond acceptors (Lipinski definition) is 2. The summed E-state index contributed by atoms with van der Waals surface area (Å²) < 4.78 is 13.1. The van der Waals surface area contributed by atoms with Crippen LogP contribution in [-0.4, -0.2) is 5.17 Å². The zero-order chi connectivity index (χ0) is 16.1. The van der Waals surface area contributed by atoms with Gasteiger partial charge in [0, 0.05) is 5.75 Å². The van der Waals surface area contributed by atoms with E-state index in [1.165, 1.54) is 35.0 Å². The van der Waals surface area contributed by atoms with Gasteiger partial charge in [-0.3, -0.25) is 0 Å². The molecule has 22 heavy (non-hydrogen) atoms. The average molecular weight is 337 g/mol. The summed E-state index contributed by atoms with van der Waals surface area (Å²) in [6.45, 7) is 4.34. The molecule has 0 aliphatic rings. The van der Waals surface area contributed by atoms with E-state index in [2.05, 4.69) is 43.1 Å². The minimum Gasteiger partial charge on any atom is -0.378 e. The third-order valence-electron chi connectivity index (χ3n) is 3.18. The monoisotopic (exact) mass is 336 g/mol. The van der Waals surface area contributed by atoms with Crippen molar-refractivity contribution in [2.24, 2.45) is 10.7 Å². The first-order chi connectivity index (χ1) is 10.5. The number of aliphatic imine (C=N–C) groups is 1. The molecule has 116 valence electrons. The fourth-order valence-corrected chi connectivity index (χ4v) is 2.72. The Labute approximate surface area is 139 Å². The van der Waals surface area contributed by atoms with Gasteiger partial charge in [-0.25, -0.2) is 9.38 Å². The second kappa shape index (κ2) is 7.65. The van der Waals surface area contributed by atoms with Gasteiger partial charge in [0.2, 0.25) is 0 Å². The molecule has 0 atom stereocenters. The highest BCUT2D eigenvalue weighted by molar-refractivity contribution is 8.13. The van der Waals surface area contributed by atoms with Crippen molar-refractivity contribution in [3.05, 3.63) is 64.4 Å². The fraction of sp³-hybridized carbons (Fsp3) is 0.235. The quantitative estimate of drug-likeness (QED) is 0.593. The van der Waals surface area contributed by atoms with Crippen LogP contribution in [0.4, 0.5) is 10.1 Å². The lowest BCUT2D eigenvalue weighted by Gasteiger charge is -2.07. The summed E-state index contributed by atoms with van der Waals surface area (Å²) in [4.78, 5) is 4.23. The van der Waals surface area contributed by atoms with E-state index in [-0.39, 0.29) is 5.02 Å². The van der Waals surface area contributed by atoms with Crippen LogP contribution < -0.4 is 5.73 Å². The van der Waals surface area contributed by atoms with E-state index in [1.54, 1.807) is 6.07 Å². The number of halogens is 2. The largest absolute Gasteiger partial charge is 0.378 e. The van der Waals surface area contributed by atoms with Gasteiger partial charge in [-0.1, -0.05) is 61.5 Å². The van der Waals surface area contributed by atoms with Crippen LogP contribution in [0.15, 0.2) is 47.5 Å². The maximum Gasteiger partial charge on any atom is 0.159 e. The molecule has 0 aliphatic carbocycles. The zero-order valence-electron chi connectivity index (χ0n) is 12.5. The Balaban J connectivity index is 1.98. The molecule has 0 heterocycles. The summed E-state index contributed by atoms with van der Waals surface area (Å²) in [6, 6.07) is 12.8. The fourth-order valence-electron chi connectivity index (χ4n) is 1.87. The van der Waals surface area contributed by atoms with Crippen LogP contribution in [0, 0.1) is 5.82 Å². The van der Waals surface area contributed by atoms with E-state index in [0.717, 1.165) is 5.75 Å². The van der Waals surface area contributed by atoms with Crippen molar-refractivity contribution < 1.29 is 4.39 Å². The molecule has 2 aromatic rings. The van der Waals surface area contributed by atoms with Crippen molar-refractivity contribution in [3.8, 4) is 0 Å². The summed E-state index contributed by atoms with van der Waals surface area (Å²) in [6.07, 6.45) is 0. The van der Waals surface area contributed by atoms with E-state index in [1.807, 2.05) is 0 Å². The average Bonchev–Trinajstić information content (AvgIpc) is 2.49. The van der Waals surface area contributed by atoms with Crippen LogP contribution in [0.2, 0.25) is 5.02 Å². The molecule has 0 saturated carbocycles. The van der Waals surface area contributed by atoms with Gasteiger partial charge < -0.3 is 5.73 Å². The predicted molar refractivity (Wildman–Crippen MR) is 94.5 cm³/mol. The molecule has 2 aromatic carbocycles. The lowest BCUT2D eigenvalue weighted by atomic mass is 10.0. The molecule has 2 rings (SSSR count). The van der Waals surface area contributed by atoms with Crippen molar-refractivity contribution in [1.82, 2.24) is 0 Å². The second-order valence-electron chi connectivity index (χ2n) is 5.23. The Morgan fingerprint density at radius 1 is 1.23 bits per heavy atom.